The molecule has 0 fully saturated rings. The molecule has 2 aromatic carbocycles. The molecule has 0 aromatic heterocycles. The van der Waals surface area contributed by atoms with Gasteiger partial charge in [0.15, 0.2) is 0 Å². The zero-order valence-electron chi connectivity index (χ0n) is 9.78. The van der Waals surface area contributed by atoms with Crippen molar-refractivity contribution in [2.75, 3.05) is 16.8 Å². The van der Waals surface area contributed by atoms with E-state index < -0.39 is 0 Å². The molecule has 0 spiro atoms. The molecular weight excluding hydrogens is 360 g/mol. The topological polar surface area (TPSA) is 81.1 Å². The quantitative estimate of drug-likeness (QED) is 0.561. The van der Waals surface area contributed by atoms with Crippen LogP contribution < -0.4 is 16.8 Å². The molecule has 0 heterocycles. The Hall–Kier alpha value is -1.83. The largest absolute Gasteiger partial charge is 0.399 e. The molecule has 6 heteroatoms. The molecule has 5 N–H and O–H groups in total. The lowest BCUT2D eigenvalue weighted by atomic mass is 10.1. The number of nitrogens with one attached hydrogen (secondary N) is 1. The van der Waals surface area contributed by atoms with E-state index in [1.165, 1.54) is 24.3 Å². The van der Waals surface area contributed by atoms with E-state index in [0.717, 1.165) is 0 Å². The van der Waals surface area contributed by atoms with Gasteiger partial charge in [0.2, 0.25) is 0 Å². The maximum Gasteiger partial charge on any atom is 0.257 e. The molecule has 0 aliphatic carbocycles. The number of halogens is 2. The summed E-state index contributed by atoms with van der Waals surface area (Å²) in [6, 6.07) is 8.79. The summed E-state index contributed by atoms with van der Waals surface area (Å²) in [6.07, 6.45) is 0. The second-order valence-electron chi connectivity index (χ2n) is 3.92. The van der Waals surface area contributed by atoms with Gasteiger partial charge >= 0.3 is 0 Å². The lowest BCUT2D eigenvalue weighted by molar-refractivity contribution is 0.102. The van der Waals surface area contributed by atoms with Crippen molar-refractivity contribution >= 4 is 45.6 Å². The molecule has 0 saturated heterocycles. The van der Waals surface area contributed by atoms with Crippen LogP contribution in [0.2, 0.25) is 0 Å². The third kappa shape index (κ3) is 3.14. The lowest BCUT2D eigenvalue weighted by Gasteiger charge is -2.09. The number of carbonyl (C=O) groups excluding carboxylic acids is 1. The number of carbonyl (C=O) groups is 1. The zero-order valence-corrected chi connectivity index (χ0v) is 11.9. The van der Waals surface area contributed by atoms with E-state index >= 15 is 0 Å². The van der Waals surface area contributed by atoms with Crippen molar-refractivity contribution in [3.05, 3.63) is 51.3 Å². The Morgan fingerprint density at radius 1 is 1.16 bits per heavy atom. The second kappa shape index (κ2) is 5.43. The molecule has 0 unspecified atom stereocenters. The van der Waals surface area contributed by atoms with E-state index in [-0.39, 0.29) is 11.7 Å². The maximum absolute atomic E-state index is 13.0. The first kappa shape index (κ1) is 13.6. The van der Waals surface area contributed by atoms with Crippen LogP contribution in [0.3, 0.4) is 0 Å². The minimum Gasteiger partial charge on any atom is -0.399 e. The molecule has 0 atom stereocenters. The predicted octanol–water partition coefficient (Wildman–Crippen LogP) is 2.85. The molecule has 1 amide bonds. The highest BCUT2D eigenvalue weighted by Crippen LogP contribution is 2.22. The number of hydrogen-bond acceptors (Lipinski definition) is 3. The average Bonchev–Trinajstić information content (AvgIpc) is 2.32. The Bertz CT molecular complexity index is 646. The van der Waals surface area contributed by atoms with Gasteiger partial charge in [-0.2, -0.15) is 0 Å². The molecule has 0 aliphatic rings. The van der Waals surface area contributed by atoms with E-state index in [9.17, 15) is 9.18 Å². The van der Waals surface area contributed by atoms with Crippen LogP contribution in [0, 0.1) is 9.39 Å². The van der Waals surface area contributed by atoms with Crippen molar-refractivity contribution in [3.8, 4) is 0 Å². The fourth-order valence-corrected chi connectivity index (χ4v) is 2.18. The first-order valence-electron chi connectivity index (χ1n) is 5.39. The van der Waals surface area contributed by atoms with Gasteiger partial charge in [0, 0.05) is 14.9 Å². The second-order valence-corrected chi connectivity index (χ2v) is 5.09. The lowest BCUT2D eigenvalue weighted by Crippen LogP contribution is -2.15. The van der Waals surface area contributed by atoms with Crippen LogP contribution in [0.15, 0.2) is 36.4 Å². The van der Waals surface area contributed by atoms with Gasteiger partial charge in [-0.05, 0) is 59.0 Å². The highest BCUT2D eigenvalue weighted by Gasteiger charge is 2.11. The summed E-state index contributed by atoms with van der Waals surface area (Å²) in [4.78, 5) is 12.1. The van der Waals surface area contributed by atoms with Crippen LogP contribution in [0.5, 0.6) is 0 Å². The zero-order chi connectivity index (χ0) is 14.0. The first-order valence-corrected chi connectivity index (χ1v) is 6.46. The van der Waals surface area contributed by atoms with Crippen molar-refractivity contribution in [2.24, 2.45) is 0 Å². The molecule has 0 radical (unpaired) electrons. The summed E-state index contributed by atoms with van der Waals surface area (Å²) in [7, 11) is 0. The molecule has 2 aromatic rings. The van der Waals surface area contributed by atoms with Gasteiger partial charge in [0.1, 0.15) is 5.82 Å². The van der Waals surface area contributed by atoms with Gasteiger partial charge in [-0.3, -0.25) is 4.79 Å². The highest BCUT2D eigenvalue weighted by molar-refractivity contribution is 14.1. The van der Waals surface area contributed by atoms with Crippen LogP contribution in [0.25, 0.3) is 0 Å². The normalized spacial score (nSPS) is 10.2. The molecule has 2 rings (SSSR count). The number of nitrogens with two attached hydrogens (primary N) is 2. The van der Waals surface area contributed by atoms with Crippen LogP contribution >= 0.6 is 22.6 Å². The number of amides is 1. The highest BCUT2D eigenvalue weighted by atomic mass is 127. The summed E-state index contributed by atoms with van der Waals surface area (Å²) in [5, 5.41) is 2.68. The monoisotopic (exact) mass is 371 g/mol. The molecule has 98 valence electrons. The van der Waals surface area contributed by atoms with Gasteiger partial charge in [0.25, 0.3) is 5.91 Å². The van der Waals surface area contributed by atoms with Gasteiger partial charge in [-0.1, -0.05) is 0 Å². The summed E-state index contributed by atoms with van der Waals surface area (Å²) in [5.41, 5.74) is 13.0. The van der Waals surface area contributed by atoms with Crippen LogP contribution in [0.1, 0.15) is 10.4 Å². The molecule has 0 bridgehead atoms. The SMILES string of the molecule is Nc1ccc(C(=O)Nc2ccc(F)cc2I)c(N)c1. The fourth-order valence-electron chi connectivity index (χ4n) is 1.57. The Morgan fingerprint density at radius 2 is 1.89 bits per heavy atom. The van der Waals surface area contributed by atoms with Gasteiger partial charge < -0.3 is 16.8 Å². The van der Waals surface area contributed by atoms with Crippen LogP contribution in [-0.2, 0) is 0 Å². The van der Waals surface area contributed by atoms with Crippen molar-refractivity contribution < 1.29 is 9.18 Å². The third-order valence-electron chi connectivity index (χ3n) is 2.50. The summed E-state index contributed by atoms with van der Waals surface area (Å²) in [6.45, 7) is 0. The Balaban J connectivity index is 2.25. The van der Waals surface area contributed by atoms with E-state index in [1.807, 2.05) is 22.6 Å². The molecule has 0 saturated carbocycles. The predicted molar refractivity (Wildman–Crippen MR) is 82.3 cm³/mol. The average molecular weight is 371 g/mol. The van der Waals surface area contributed by atoms with Crippen LogP contribution in [-0.4, -0.2) is 5.91 Å². The number of nitrogen functional groups attached to an aromatic ring is 2. The number of rotatable bonds is 2. The minimum atomic E-state index is -0.359. The first-order chi connectivity index (χ1) is 8.97. The van der Waals surface area contributed by atoms with E-state index in [4.69, 9.17) is 11.5 Å². The van der Waals surface area contributed by atoms with Gasteiger partial charge in [-0.25, -0.2) is 4.39 Å². The number of benzene rings is 2. The maximum atomic E-state index is 13.0. The number of hydrogen-bond donors (Lipinski definition) is 3. The van der Waals surface area contributed by atoms with E-state index in [0.29, 0.717) is 26.2 Å². The molecule has 0 aliphatic heterocycles. The smallest absolute Gasteiger partial charge is 0.257 e. The van der Waals surface area contributed by atoms with E-state index in [2.05, 4.69) is 5.32 Å². The van der Waals surface area contributed by atoms with Gasteiger partial charge in [0.05, 0.1) is 11.3 Å². The fraction of sp³-hybridized carbons (Fsp3) is 0. The Morgan fingerprint density at radius 3 is 2.53 bits per heavy atom. The standard InChI is InChI=1S/C13H11FIN3O/c14-7-1-4-12(10(15)5-7)18-13(19)9-3-2-8(16)6-11(9)17/h1-6H,16-17H2,(H,18,19). The number of anilines is 3. The molecule has 19 heavy (non-hydrogen) atoms. The van der Waals surface area contributed by atoms with Crippen LogP contribution in [0.4, 0.5) is 21.5 Å². The molecule has 4 nitrogen and oxygen atoms in total. The molecular formula is C13H11FIN3O. The van der Waals surface area contributed by atoms with Crippen molar-refractivity contribution in [1.82, 2.24) is 0 Å². The Labute approximate surface area is 123 Å². The summed E-state index contributed by atoms with van der Waals surface area (Å²) < 4.78 is 13.6. The van der Waals surface area contributed by atoms with Crippen molar-refractivity contribution in [2.45, 2.75) is 0 Å². The summed E-state index contributed by atoms with van der Waals surface area (Å²) >= 11 is 1.95. The van der Waals surface area contributed by atoms with Crippen molar-refractivity contribution in [1.29, 1.82) is 0 Å². The van der Waals surface area contributed by atoms with Crippen molar-refractivity contribution in [3.63, 3.8) is 0 Å². The Kier molecular flexibility index (Phi) is 3.89. The summed E-state index contributed by atoms with van der Waals surface area (Å²) in [5.74, 6) is -0.712. The minimum absolute atomic E-state index is 0.301. The third-order valence-corrected chi connectivity index (χ3v) is 3.39. The van der Waals surface area contributed by atoms with E-state index in [1.54, 1.807) is 12.1 Å². The van der Waals surface area contributed by atoms with Gasteiger partial charge in [-0.15, -0.1) is 0 Å².